The number of aromatic nitrogens is 1. The minimum absolute atomic E-state index is 0.117. The summed E-state index contributed by atoms with van der Waals surface area (Å²) in [6.07, 6.45) is 3.27. The van der Waals surface area contributed by atoms with Crippen molar-refractivity contribution in [2.45, 2.75) is 6.54 Å². The lowest BCUT2D eigenvalue weighted by molar-refractivity contribution is -0.383. The van der Waals surface area contributed by atoms with Crippen molar-refractivity contribution < 1.29 is 9.72 Å². The third-order valence-corrected chi connectivity index (χ3v) is 3.03. The normalized spacial score (nSPS) is 10.1. The summed E-state index contributed by atoms with van der Waals surface area (Å²) in [5.74, 6) is -0.368. The second-order valence-corrected chi connectivity index (χ2v) is 4.51. The SMILES string of the molecule is CN(Cc1ccncc1)C(=O)c1cccc([N+](=O)[O-])c1N. The molecule has 7 heteroatoms. The van der Waals surface area contributed by atoms with E-state index in [0.717, 1.165) is 5.56 Å². The lowest BCUT2D eigenvalue weighted by Crippen LogP contribution is -2.27. The Morgan fingerprint density at radius 3 is 2.62 bits per heavy atom. The molecular formula is C14H14N4O3. The lowest BCUT2D eigenvalue weighted by atomic mass is 10.1. The molecule has 2 rings (SSSR count). The van der Waals surface area contributed by atoms with Crippen LogP contribution in [0.1, 0.15) is 15.9 Å². The van der Waals surface area contributed by atoms with E-state index in [2.05, 4.69) is 4.98 Å². The summed E-state index contributed by atoms with van der Waals surface area (Å²) >= 11 is 0. The Balaban J connectivity index is 2.24. The number of pyridine rings is 1. The van der Waals surface area contributed by atoms with Crippen molar-refractivity contribution in [3.05, 3.63) is 64.0 Å². The van der Waals surface area contributed by atoms with E-state index < -0.39 is 4.92 Å². The number of hydrogen-bond donors (Lipinski definition) is 1. The van der Waals surface area contributed by atoms with Gasteiger partial charge in [-0.2, -0.15) is 0 Å². The fourth-order valence-corrected chi connectivity index (χ4v) is 1.94. The number of nitrogens with two attached hydrogens (primary N) is 1. The number of nitro benzene ring substituents is 1. The van der Waals surface area contributed by atoms with Crippen LogP contribution >= 0.6 is 0 Å². The van der Waals surface area contributed by atoms with Gasteiger partial charge in [0.1, 0.15) is 5.69 Å². The molecule has 0 fully saturated rings. The van der Waals surface area contributed by atoms with Gasteiger partial charge in [0.25, 0.3) is 11.6 Å². The van der Waals surface area contributed by atoms with E-state index in [1.54, 1.807) is 31.6 Å². The topological polar surface area (TPSA) is 102 Å². The van der Waals surface area contributed by atoms with Crippen LogP contribution in [-0.4, -0.2) is 27.8 Å². The quantitative estimate of drug-likeness (QED) is 0.525. The predicted molar refractivity (Wildman–Crippen MR) is 77.5 cm³/mol. The monoisotopic (exact) mass is 286 g/mol. The van der Waals surface area contributed by atoms with Crippen LogP contribution in [0.25, 0.3) is 0 Å². The lowest BCUT2D eigenvalue weighted by Gasteiger charge is -2.18. The van der Waals surface area contributed by atoms with Crippen molar-refractivity contribution in [3.8, 4) is 0 Å². The van der Waals surface area contributed by atoms with Crippen molar-refractivity contribution in [2.24, 2.45) is 0 Å². The van der Waals surface area contributed by atoms with Crippen molar-refractivity contribution in [1.82, 2.24) is 9.88 Å². The fourth-order valence-electron chi connectivity index (χ4n) is 1.94. The maximum Gasteiger partial charge on any atom is 0.292 e. The Labute approximate surface area is 121 Å². The second-order valence-electron chi connectivity index (χ2n) is 4.51. The summed E-state index contributed by atoms with van der Waals surface area (Å²) in [6.45, 7) is 0.365. The van der Waals surface area contributed by atoms with Gasteiger partial charge in [-0.15, -0.1) is 0 Å². The fraction of sp³-hybridized carbons (Fsp3) is 0.143. The van der Waals surface area contributed by atoms with Crippen molar-refractivity contribution in [3.63, 3.8) is 0 Å². The van der Waals surface area contributed by atoms with E-state index in [-0.39, 0.29) is 22.8 Å². The number of anilines is 1. The molecule has 1 heterocycles. The van der Waals surface area contributed by atoms with Gasteiger partial charge in [-0.25, -0.2) is 0 Å². The number of nitrogen functional groups attached to an aromatic ring is 1. The standard InChI is InChI=1S/C14H14N4O3/c1-17(9-10-5-7-16-8-6-10)14(19)11-3-2-4-12(13(11)15)18(20)21/h2-8H,9,15H2,1H3. The third kappa shape index (κ3) is 3.14. The minimum atomic E-state index is -0.602. The molecule has 7 nitrogen and oxygen atoms in total. The number of nitro groups is 1. The van der Waals surface area contributed by atoms with E-state index in [9.17, 15) is 14.9 Å². The highest BCUT2D eigenvalue weighted by molar-refractivity contribution is 6.00. The van der Waals surface area contributed by atoms with Crippen LogP contribution in [0.4, 0.5) is 11.4 Å². The molecule has 1 amide bonds. The third-order valence-electron chi connectivity index (χ3n) is 3.03. The number of benzene rings is 1. The zero-order valence-electron chi connectivity index (χ0n) is 11.4. The molecule has 1 aromatic carbocycles. The highest BCUT2D eigenvalue weighted by atomic mass is 16.6. The van der Waals surface area contributed by atoms with E-state index in [1.807, 2.05) is 0 Å². The largest absolute Gasteiger partial charge is 0.393 e. The molecule has 0 saturated carbocycles. The molecule has 0 aliphatic carbocycles. The van der Waals surface area contributed by atoms with Gasteiger partial charge < -0.3 is 10.6 Å². The summed E-state index contributed by atoms with van der Waals surface area (Å²) in [6, 6.07) is 7.78. The van der Waals surface area contributed by atoms with Gasteiger partial charge in [-0.3, -0.25) is 19.9 Å². The van der Waals surface area contributed by atoms with Crippen LogP contribution in [0.3, 0.4) is 0 Å². The van der Waals surface area contributed by atoms with Gasteiger partial charge in [0.2, 0.25) is 0 Å². The van der Waals surface area contributed by atoms with Gasteiger partial charge in [0, 0.05) is 32.1 Å². The first-order chi connectivity index (χ1) is 10.0. The van der Waals surface area contributed by atoms with E-state index in [4.69, 9.17) is 5.73 Å². The Hall–Kier alpha value is -2.96. The molecule has 108 valence electrons. The van der Waals surface area contributed by atoms with Gasteiger partial charge in [0.15, 0.2) is 0 Å². The van der Waals surface area contributed by atoms with Gasteiger partial charge >= 0.3 is 0 Å². The van der Waals surface area contributed by atoms with E-state index in [1.165, 1.54) is 23.1 Å². The Morgan fingerprint density at radius 1 is 1.33 bits per heavy atom. The van der Waals surface area contributed by atoms with E-state index >= 15 is 0 Å². The first-order valence-corrected chi connectivity index (χ1v) is 6.18. The van der Waals surface area contributed by atoms with Gasteiger partial charge in [-0.05, 0) is 23.8 Å². The molecule has 0 bridgehead atoms. The van der Waals surface area contributed by atoms with E-state index in [0.29, 0.717) is 6.54 Å². The molecule has 0 spiro atoms. The molecule has 0 atom stereocenters. The molecule has 0 aliphatic rings. The van der Waals surface area contributed by atoms with Crippen molar-refractivity contribution >= 4 is 17.3 Å². The van der Waals surface area contributed by atoms with Crippen LogP contribution in [0, 0.1) is 10.1 Å². The zero-order chi connectivity index (χ0) is 15.4. The van der Waals surface area contributed by atoms with Crippen LogP contribution in [0.5, 0.6) is 0 Å². The number of carbonyl (C=O) groups excluding carboxylic acids is 1. The number of hydrogen-bond acceptors (Lipinski definition) is 5. The molecule has 2 N–H and O–H groups in total. The molecule has 0 unspecified atom stereocenters. The maximum absolute atomic E-state index is 12.4. The summed E-state index contributed by atoms with van der Waals surface area (Å²) < 4.78 is 0. The molecule has 21 heavy (non-hydrogen) atoms. The summed E-state index contributed by atoms with van der Waals surface area (Å²) in [5, 5.41) is 10.9. The van der Waals surface area contributed by atoms with Crippen LogP contribution in [-0.2, 0) is 6.54 Å². The Morgan fingerprint density at radius 2 is 2.00 bits per heavy atom. The van der Waals surface area contributed by atoms with Gasteiger partial charge in [0.05, 0.1) is 10.5 Å². The number of carbonyl (C=O) groups is 1. The molecule has 0 aliphatic heterocycles. The highest BCUT2D eigenvalue weighted by Gasteiger charge is 2.21. The second kappa shape index (κ2) is 6.00. The average Bonchev–Trinajstić information content (AvgIpc) is 2.47. The zero-order valence-corrected chi connectivity index (χ0v) is 11.4. The first kappa shape index (κ1) is 14.4. The molecule has 0 saturated heterocycles. The maximum atomic E-state index is 12.4. The van der Waals surface area contributed by atoms with Crippen LogP contribution in [0.2, 0.25) is 0 Å². The highest BCUT2D eigenvalue weighted by Crippen LogP contribution is 2.25. The van der Waals surface area contributed by atoms with Crippen LogP contribution in [0.15, 0.2) is 42.7 Å². The van der Waals surface area contributed by atoms with Crippen molar-refractivity contribution in [2.75, 3.05) is 12.8 Å². The number of rotatable bonds is 4. The predicted octanol–water partition coefficient (Wildman–Crippen LogP) is 1.84. The average molecular weight is 286 g/mol. The summed E-state index contributed by atoms with van der Waals surface area (Å²) in [4.78, 5) is 28.0. The summed E-state index contributed by atoms with van der Waals surface area (Å²) in [7, 11) is 1.61. The molecular weight excluding hydrogens is 272 g/mol. The smallest absolute Gasteiger partial charge is 0.292 e. The van der Waals surface area contributed by atoms with Crippen molar-refractivity contribution in [1.29, 1.82) is 0 Å². The molecule has 0 radical (unpaired) electrons. The number of para-hydroxylation sites is 1. The molecule has 1 aromatic heterocycles. The van der Waals surface area contributed by atoms with Crippen LogP contribution < -0.4 is 5.73 Å². The minimum Gasteiger partial charge on any atom is -0.393 e. The Bertz CT molecular complexity index is 673. The first-order valence-electron chi connectivity index (χ1n) is 6.18. The Kier molecular flexibility index (Phi) is 4.13. The van der Waals surface area contributed by atoms with Gasteiger partial charge in [-0.1, -0.05) is 6.07 Å². The number of amides is 1. The summed E-state index contributed by atoms with van der Waals surface area (Å²) in [5.41, 5.74) is 6.37. The molecule has 2 aromatic rings. The number of nitrogens with zero attached hydrogens (tertiary/aromatic N) is 3.